The average Bonchev–Trinajstić information content (AvgIpc) is 3.02. The second-order valence-corrected chi connectivity index (χ2v) is 5.35. The maximum atomic E-state index is 5.45. The van der Waals surface area contributed by atoms with Crippen LogP contribution in [0.4, 0.5) is 0 Å². The molecule has 2 aromatic rings. The summed E-state index contributed by atoms with van der Waals surface area (Å²) in [4.78, 5) is 5.68. The van der Waals surface area contributed by atoms with E-state index in [0.717, 1.165) is 43.9 Å². The van der Waals surface area contributed by atoms with Crippen LogP contribution < -0.4 is 5.73 Å². The standard InChI is InChI=1S/C13H19N3OS/c14-8-4-2-1-3-7-13-15-12(16-17-13)10-11-6-5-9-18-11/h5-6,9H,1-4,7-8,10,14H2. The van der Waals surface area contributed by atoms with Gasteiger partial charge in [-0.3, -0.25) is 0 Å². The van der Waals surface area contributed by atoms with E-state index in [4.69, 9.17) is 10.3 Å². The van der Waals surface area contributed by atoms with Gasteiger partial charge in [-0.2, -0.15) is 4.98 Å². The third-order valence-electron chi connectivity index (χ3n) is 2.77. The van der Waals surface area contributed by atoms with Crippen molar-refractivity contribution in [1.29, 1.82) is 0 Å². The lowest BCUT2D eigenvalue weighted by atomic mass is 10.1. The van der Waals surface area contributed by atoms with Crippen molar-refractivity contribution in [3.05, 3.63) is 34.1 Å². The van der Waals surface area contributed by atoms with Crippen LogP contribution >= 0.6 is 11.3 Å². The highest BCUT2D eigenvalue weighted by Crippen LogP contribution is 2.13. The molecular formula is C13H19N3OS. The van der Waals surface area contributed by atoms with E-state index in [0.29, 0.717) is 0 Å². The second kappa shape index (κ2) is 7.28. The Morgan fingerprint density at radius 1 is 1.22 bits per heavy atom. The molecule has 2 N–H and O–H groups in total. The van der Waals surface area contributed by atoms with Crippen LogP contribution in [0.2, 0.25) is 0 Å². The van der Waals surface area contributed by atoms with Crippen LogP contribution in [-0.2, 0) is 12.8 Å². The first-order valence-electron chi connectivity index (χ1n) is 6.42. The number of aryl methyl sites for hydroxylation is 1. The maximum absolute atomic E-state index is 5.45. The van der Waals surface area contributed by atoms with Crippen molar-refractivity contribution in [3.8, 4) is 0 Å². The van der Waals surface area contributed by atoms with Gasteiger partial charge in [0.15, 0.2) is 5.82 Å². The Bertz CT molecular complexity index is 439. The van der Waals surface area contributed by atoms with Crippen molar-refractivity contribution >= 4 is 11.3 Å². The first kappa shape index (κ1) is 13.2. The van der Waals surface area contributed by atoms with Gasteiger partial charge in [-0.15, -0.1) is 11.3 Å². The third-order valence-corrected chi connectivity index (χ3v) is 3.64. The summed E-state index contributed by atoms with van der Waals surface area (Å²) in [6.45, 7) is 0.783. The summed E-state index contributed by atoms with van der Waals surface area (Å²) in [5.74, 6) is 1.55. The molecular weight excluding hydrogens is 246 g/mol. The molecule has 0 aromatic carbocycles. The molecule has 0 unspecified atom stereocenters. The number of nitrogens with two attached hydrogens (primary N) is 1. The lowest BCUT2D eigenvalue weighted by Gasteiger charge is -1.96. The van der Waals surface area contributed by atoms with E-state index in [9.17, 15) is 0 Å². The topological polar surface area (TPSA) is 64.9 Å². The zero-order valence-corrected chi connectivity index (χ0v) is 11.3. The van der Waals surface area contributed by atoms with Crippen LogP contribution in [0.5, 0.6) is 0 Å². The first-order chi connectivity index (χ1) is 8.88. The zero-order valence-electron chi connectivity index (χ0n) is 10.5. The number of aromatic nitrogens is 2. The molecule has 0 atom stereocenters. The van der Waals surface area contributed by atoms with E-state index < -0.39 is 0 Å². The van der Waals surface area contributed by atoms with Crippen LogP contribution in [0, 0.1) is 0 Å². The van der Waals surface area contributed by atoms with Gasteiger partial charge in [-0.25, -0.2) is 0 Å². The normalized spacial score (nSPS) is 10.9. The van der Waals surface area contributed by atoms with E-state index in [1.54, 1.807) is 11.3 Å². The Balaban J connectivity index is 1.72. The Kier molecular flexibility index (Phi) is 5.36. The van der Waals surface area contributed by atoms with Crippen LogP contribution in [0.15, 0.2) is 22.0 Å². The molecule has 98 valence electrons. The molecule has 0 saturated heterocycles. The number of unbranched alkanes of at least 4 members (excludes halogenated alkanes) is 3. The lowest BCUT2D eigenvalue weighted by Crippen LogP contribution is -1.97. The molecule has 5 heteroatoms. The smallest absolute Gasteiger partial charge is 0.226 e. The second-order valence-electron chi connectivity index (χ2n) is 4.31. The molecule has 0 amide bonds. The van der Waals surface area contributed by atoms with Gasteiger partial charge >= 0.3 is 0 Å². The Morgan fingerprint density at radius 3 is 2.89 bits per heavy atom. The molecule has 2 heterocycles. The lowest BCUT2D eigenvalue weighted by molar-refractivity contribution is 0.369. The largest absolute Gasteiger partial charge is 0.339 e. The Hall–Kier alpha value is -1.20. The summed E-state index contributed by atoms with van der Waals surface area (Å²) in [6.07, 6.45) is 6.22. The molecule has 4 nitrogen and oxygen atoms in total. The molecule has 0 aliphatic rings. The summed E-state index contributed by atoms with van der Waals surface area (Å²) in [5.41, 5.74) is 5.45. The van der Waals surface area contributed by atoms with E-state index in [2.05, 4.69) is 21.6 Å². The SMILES string of the molecule is NCCCCCCc1nc(Cc2cccs2)no1. The van der Waals surface area contributed by atoms with Gasteiger partial charge in [0.05, 0.1) is 0 Å². The Labute approximate surface area is 111 Å². The van der Waals surface area contributed by atoms with Crippen molar-refractivity contribution in [3.63, 3.8) is 0 Å². The number of rotatable bonds is 8. The fourth-order valence-electron chi connectivity index (χ4n) is 1.81. The maximum Gasteiger partial charge on any atom is 0.226 e. The van der Waals surface area contributed by atoms with Gasteiger partial charge in [0.1, 0.15) is 0 Å². The minimum Gasteiger partial charge on any atom is -0.339 e. The van der Waals surface area contributed by atoms with Gasteiger partial charge in [-0.1, -0.05) is 24.1 Å². The van der Waals surface area contributed by atoms with Crippen molar-refractivity contribution < 1.29 is 4.52 Å². The minimum atomic E-state index is 0.759. The van der Waals surface area contributed by atoms with Crippen LogP contribution in [0.25, 0.3) is 0 Å². The Morgan fingerprint density at radius 2 is 2.11 bits per heavy atom. The summed E-state index contributed by atoms with van der Waals surface area (Å²) in [7, 11) is 0. The van der Waals surface area contributed by atoms with Crippen molar-refractivity contribution in [2.45, 2.75) is 38.5 Å². The molecule has 0 aliphatic heterocycles. The highest BCUT2D eigenvalue weighted by atomic mass is 32.1. The highest BCUT2D eigenvalue weighted by molar-refractivity contribution is 7.09. The summed E-state index contributed by atoms with van der Waals surface area (Å²) < 4.78 is 5.24. The molecule has 0 fully saturated rings. The van der Waals surface area contributed by atoms with E-state index >= 15 is 0 Å². The predicted octanol–water partition coefficient (Wildman–Crippen LogP) is 2.78. The fourth-order valence-corrected chi connectivity index (χ4v) is 2.51. The monoisotopic (exact) mass is 265 g/mol. The van der Waals surface area contributed by atoms with E-state index in [1.807, 2.05) is 6.07 Å². The molecule has 2 aromatic heterocycles. The molecule has 0 aliphatic carbocycles. The van der Waals surface area contributed by atoms with Gasteiger partial charge in [0.2, 0.25) is 5.89 Å². The predicted molar refractivity (Wildman–Crippen MR) is 72.6 cm³/mol. The summed E-state index contributed by atoms with van der Waals surface area (Å²) >= 11 is 1.72. The highest BCUT2D eigenvalue weighted by Gasteiger charge is 2.07. The van der Waals surface area contributed by atoms with Gasteiger partial charge < -0.3 is 10.3 Å². The van der Waals surface area contributed by atoms with E-state index in [1.165, 1.54) is 17.7 Å². The van der Waals surface area contributed by atoms with Gasteiger partial charge in [0, 0.05) is 17.7 Å². The fraction of sp³-hybridized carbons (Fsp3) is 0.538. The quantitative estimate of drug-likeness (QED) is 0.745. The van der Waals surface area contributed by atoms with Crippen LogP contribution in [-0.4, -0.2) is 16.7 Å². The number of thiophene rings is 1. The molecule has 2 rings (SSSR count). The van der Waals surface area contributed by atoms with Crippen molar-refractivity contribution in [2.24, 2.45) is 5.73 Å². The molecule has 0 spiro atoms. The molecule has 18 heavy (non-hydrogen) atoms. The van der Waals surface area contributed by atoms with Gasteiger partial charge in [-0.05, 0) is 30.8 Å². The zero-order chi connectivity index (χ0) is 12.6. The summed E-state index contributed by atoms with van der Waals surface area (Å²) in [6, 6.07) is 4.13. The minimum absolute atomic E-state index is 0.759. The molecule has 0 bridgehead atoms. The third kappa shape index (κ3) is 4.23. The van der Waals surface area contributed by atoms with E-state index in [-0.39, 0.29) is 0 Å². The molecule has 0 saturated carbocycles. The van der Waals surface area contributed by atoms with Gasteiger partial charge in [0.25, 0.3) is 0 Å². The molecule has 0 radical (unpaired) electrons. The number of hydrogen-bond acceptors (Lipinski definition) is 5. The number of hydrogen-bond donors (Lipinski definition) is 1. The van der Waals surface area contributed by atoms with Crippen LogP contribution in [0.1, 0.15) is 42.3 Å². The summed E-state index contributed by atoms with van der Waals surface area (Å²) in [5, 5.41) is 6.07. The average molecular weight is 265 g/mol. The number of nitrogens with zero attached hydrogens (tertiary/aromatic N) is 2. The first-order valence-corrected chi connectivity index (χ1v) is 7.30. The van der Waals surface area contributed by atoms with Crippen molar-refractivity contribution in [2.75, 3.05) is 6.54 Å². The van der Waals surface area contributed by atoms with Crippen LogP contribution in [0.3, 0.4) is 0 Å². The van der Waals surface area contributed by atoms with Crippen molar-refractivity contribution in [1.82, 2.24) is 10.1 Å².